The Kier molecular flexibility index (Phi) is 5.96. The average molecular weight is 361 g/mol. The fourth-order valence-corrected chi connectivity index (χ4v) is 3.98. The predicted molar refractivity (Wildman–Crippen MR) is 100.0 cm³/mol. The fraction of sp³-hybridized carbons (Fsp3) is 0.737. The molecule has 144 valence electrons. The number of carbonyl (C=O) groups excluding carboxylic acids is 2. The van der Waals surface area contributed by atoms with Gasteiger partial charge in [-0.3, -0.25) is 14.3 Å². The standard InChI is InChI=1S/C19H31N5O2/c1-13(2)17-10-16(22-23(17)3)19(26)24-9-5-6-14(12-24)11-21-18(25)15-7-4-8-20-15/h10,13-15,20H,4-9,11-12H2,1-3H3,(H,21,25). The highest BCUT2D eigenvalue weighted by molar-refractivity contribution is 5.92. The van der Waals surface area contributed by atoms with Gasteiger partial charge in [0.05, 0.1) is 6.04 Å². The first-order valence-electron chi connectivity index (χ1n) is 9.80. The highest BCUT2D eigenvalue weighted by Gasteiger charge is 2.28. The lowest BCUT2D eigenvalue weighted by molar-refractivity contribution is -0.123. The molecule has 2 fully saturated rings. The van der Waals surface area contributed by atoms with Crippen molar-refractivity contribution in [2.24, 2.45) is 13.0 Å². The summed E-state index contributed by atoms with van der Waals surface area (Å²) in [6.07, 6.45) is 3.99. The van der Waals surface area contributed by atoms with E-state index in [1.54, 1.807) is 4.68 Å². The fourth-order valence-electron chi connectivity index (χ4n) is 3.98. The number of piperidine rings is 1. The molecule has 7 nitrogen and oxygen atoms in total. The van der Waals surface area contributed by atoms with Crippen LogP contribution in [0.25, 0.3) is 0 Å². The average Bonchev–Trinajstić information content (AvgIpc) is 3.29. The molecule has 0 radical (unpaired) electrons. The molecule has 2 amide bonds. The summed E-state index contributed by atoms with van der Waals surface area (Å²) < 4.78 is 1.80. The molecule has 2 atom stereocenters. The van der Waals surface area contributed by atoms with Crippen molar-refractivity contribution in [3.05, 3.63) is 17.5 Å². The maximum atomic E-state index is 12.8. The highest BCUT2D eigenvalue weighted by atomic mass is 16.2. The van der Waals surface area contributed by atoms with Gasteiger partial charge in [-0.15, -0.1) is 0 Å². The van der Waals surface area contributed by atoms with E-state index in [1.807, 2.05) is 18.0 Å². The zero-order valence-electron chi connectivity index (χ0n) is 16.1. The van der Waals surface area contributed by atoms with Crippen LogP contribution in [0.2, 0.25) is 0 Å². The van der Waals surface area contributed by atoms with Crippen molar-refractivity contribution in [1.82, 2.24) is 25.3 Å². The Balaban J connectivity index is 1.55. The second-order valence-corrected chi connectivity index (χ2v) is 7.89. The van der Waals surface area contributed by atoms with Gasteiger partial charge in [-0.1, -0.05) is 13.8 Å². The molecule has 0 aliphatic carbocycles. The summed E-state index contributed by atoms with van der Waals surface area (Å²) in [4.78, 5) is 26.9. The van der Waals surface area contributed by atoms with Gasteiger partial charge < -0.3 is 15.5 Å². The topological polar surface area (TPSA) is 79.3 Å². The number of nitrogens with one attached hydrogen (secondary N) is 2. The number of carbonyl (C=O) groups is 2. The Morgan fingerprint density at radius 2 is 2.15 bits per heavy atom. The van der Waals surface area contributed by atoms with Gasteiger partial charge in [-0.25, -0.2) is 0 Å². The Morgan fingerprint density at radius 1 is 1.35 bits per heavy atom. The number of aryl methyl sites for hydroxylation is 1. The first-order valence-corrected chi connectivity index (χ1v) is 9.80. The number of hydrogen-bond donors (Lipinski definition) is 2. The summed E-state index contributed by atoms with van der Waals surface area (Å²) >= 11 is 0. The molecule has 3 rings (SSSR count). The molecule has 0 spiro atoms. The van der Waals surface area contributed by atoms with Crippen molar-refractivity contribution in [3.8, 4) is 0 Å². The van der Waals surface area contributed by atoms with E-state index in [-0.39, 0.29) is 17.9 Å². The van der Waals surface area contributed by atoms with Gasteiger partial charge in [0.25, 0.3) is 5.91 Å². The van der Waals surface area contributed by atoms with Crippen molar-refractivity contribution in [2.75, 3.05) is 26.2 Å². The molecule has 26 heavy (non-hydrogen) atoms. The van der Waals surface area contributed by atoms with Crippen LogP contribution in [0.1, 0.15) is 61.6 Å². The Hall–Kier alpha value is -1.89. The van der Waals surface area contributed by atoms with Crippen LogP contribution in [-0.2, 0) is 11.8 Å². The summed E-state index contributed by atoms with van der Waals surface area (Å²) in [6.45, 7) is 7.21. The first kappa shape index (κ1) is 18.9. The minimum absolute atomic E-state index is 0.000913. The summed E-state index contributed by atoms with van der Waals surface area (Å²) in [6, 6.07) is 1.86. The number of nitrogens with zero attached hydrogens (tertiary/aromatic N) is 3. The minimum Gasteiger partial charge on any atom is -0.354 e. The van der Waals surface area contributed by atoms with E-state index in [4.69, 9.17) is 0 Å². The molecule has 2 N–H and O–H groups in total. The van der Waals surface area contributed by atoms with Crippen molar-refractivity contribution < 1.29 is 9.59 Å². The molecule has 2 aliphatic rings. The van der Waals surface area contributed by atoms with Gasteiger partial charge in [-0.05, 0) is 50.1 Å². The quantitative estimate of drug-likeness (QED) is 0.828. The molecule has 2 aliphatic heterocycles. The van der Waals surface area contributed by atoms with Gasteiger partial charge in [-0.2, -0.15) is 5.10 Å². The van der Waals surface area contributed by atoms with Gasteiger partial charge in [0, 0.05) is 32.4 Å². The third kappa shape index (κ3) is 4.26. The molecule has 1 aromatic rings. The van der Waals surface area contributed by atoms with E-state index in [1.165, 1.54) is 0 Å². The normalized spacial score (nSPS) is 23.5. The second-order valence-electron chi connectivity index (χ2n) is 7.89. The molecule has 0 saturated carbocycles. The smallest absolute Gasteiger partial charge is 0.274 e. The van der Waals surface area contributed by atoms with E-state index in [0.29, 0.717) is 30.6 Å². The van der Waals surface area contributed by atoms with Gasteiger partial charge >= 0.3 is 0 Å². The molecule has 2 unspecified atom stereocenters. The Labute approximate surface area is 155 Å². The summed E-state index contributed by atoms with van der Waals surface area (Å²) in [5, 5.41) is 10.7. The summed E-state index contributed by atoms with van der Waals surface area (Å²) in [5.74, 6) is 0.743. The monoisotopic (exact) mass is 361 g/mol. The first-order chi connectivity index (χ1) is 12.5. The molecular formula is C19H31N5O2. The lowest BCUT2D eigenvalue weighted by Gasteiger charge is -2.32. The molecule has 0 aromatic carbocycles. The van der Waals surface area contributed by atoms with Crippen LogP contribution in [0.3, 0.4) is 0 Å². The van der Waals surface area contributed by atoms with E-state index >= 15 is 0 Å². The summed E-state index contributed by atoms with van der Waals surface area (Å²) in [7, 11) is 1.89. The maximum absolute atomic E-state index is 12.8. The Bertz CT molecular complexity index is 648. The van der Waals surface area contributed by atoms with Crippen molar-refractivity contribution >= 4 is 11.8 Å². The molecule has 3 heterocycles. The van der Waals surface area contributed by atoms with Gasteiger partial charge in [0.15, 0.2) is 5.69 Å². The van der Waals surface area contributed by atoms with Crippen LogP contribution in [0.5, 0.6) is 0 Å². The number of aromatic nitrogens is 2. The van der Waals surface area contributed by atoms with Crippen LogP contribution in [0, 0.1) is 5.92 Å². The SMILES string of the molecule is CC(C)c1cc(C(=O)N2CCCC(CNC(=O)C3CCCN3)C2)nn1C. The molecule has 1 aromatic heterocycles. The number of rotatable bonds is 5. The molecule has 2 saturated heterocycles. The third-order valence-corrected chi connectivity index (χ3v) is 5.47. The van der Waals surface area contributed by atoms with Crippen LogP contribution in [0.4, 0.5) is 0 Å². The van der Waals surface area contributed by atoms with E-state index < -0.39 is 0 Å². The molecule has 0 bridgehead atoms. The Morgan fingerprint density at radius 3 is 2.81 bits per heavy atom. The zero-order valence-corrected chi connectivity index (χ0v) is 16.1. The van der Waals surface area contributed by atoms with E-state index in [2.05, 4.69) is 29.6 Å². The van der Waals surface area contributed by atoms with Gasteiger partial charge in [0.1, 0.15) is 0 Å². The number of likely N-dealkylation sites (tertiary alicyclic amines) is 1. The van der Waals surface area contributed by atoms with Gasteiger partial charge in [0.2, 0.25) is 5.91 Å². The van der Waals surface area contributed by atoms with E-state index in [9.17, 15) is 9.59 Å². The zero-order chi connectivity index (χ0) is 18.7. The number of hydrogen-bond acceptors (Lipinski definition) is 4. The predicted octanol–water partition coefficient (Wildman–Crippen LogP) is 1.26. The third-order valence-electron chi connectivity index (χ3n) is 5.47. The maximum Gasteiger partial charge on any atom is 0.274 e. The van der Waals surface area contributed by atoms with E-state index in [0.717, 1.165) is 44.5 Å². The lowest BCUT2D eigenvalue weighted by Crippen LogP contribution is -2.46. The highest BCUT2D eigenvalue weighted by Crippen LogP contribution is 2.20. The van der Waals surface area contributed by atoms with Crippen molar-refractivity contribution in [3.63, 3.8) is 0 Å². The lowest BCUT2D eigenvalue weighted by atomic mass is 9.97. The largest absolute Gasteiger partial charge is 0.354 e. The van der Waals surface area contributed by atoms with Crippen molar-refractivity contribution in [2.45, 2.75) is 51.5 Å². The van der Waals surface area contributed by atoms with Crippen LogP contribution < -0.4 is 10.6 Å². The molecular weight excluding hydrogens is 330 g/mol. The van der Waals surface area contributed by atoms with Crippen LogP contribution in [0.15, 0.2) is 6.07 Å². The van der Waals surface area contributed by atoms with Crippen LogP contribution in [-0.4, -0.2) is 58.7 Å². The van der Waals surface area contributed by atoms with Crippen molar-refractivity contribution in [1.29, 1.82) is 0 Å². The second kappa shape index (κ2) is 8.20. The van der Waals surface area contributed by atoms with Crippen LogP contribution >= 0.6 is 0 Å². The summed E-state index contributed by atoms with van der Waals surface area (Å²) in [5.41, 5.74) is 1.59. The molecule has 7 heteroatoms. The minimum atomic E-state index is -0.0423. The number of amides is 2.